The van der Waals surface area contributed by atoms with Crippen molar-refractivity contribution in [1.82, 2.24) is 5.43 Å². The summed E-state index contributed by atoms with van der Waals surface area (Å²) in [5, 5.41) is 6.68. The summed E-state index contributed by atoms with van der Waals surface area (Å²) in [5.74, 6) is -2.36. The number of benzene rings is 3. The fraction of sp³-hybridized carbons (Fsp3) is 0. The highest BCUT2D eigenvalue weighted by atomic mass is 79.9. The monoisotopic (exact) mass is 533 g/mol. The molecular formula is C22H14BrCl2N3O4. The molecule has 3 rings (SSSR count). The minimum atomic E-state index is -1.03. The molecule has 0 aliphatic rings. The lowest BCUT2D eigenvalue weighted by Gasteiger charge is -2.08. The Hall–Kier alpha value is -3.20. The van der Waals surface area contributed by atoms with Crippen LogP contribution in [0, 0.1) is 0 Å². The van der Waals surface area contributed by atoms with Crippen molar-refractivity contribution in [1.29, 1.82) is 0 Å². The number of ether oxygens (including phenoxy) is 1. The lowest BCUT2D eigenvalue weighted by Crippen LogP contribution is -2.32. The maximum absolute atomic E-state index is 12.3. The van der Waals surface area contributed by atoms with E-state index >= 15 is 0 Å². The molecule has 0 atom stereocenters. The Kier molecular flexibility index (Phi) is 7.99. The molecule has 0 saturated carbocycles. The average molecular weight is 535 g/mol. The molecule has 0 saturated heterocycles. The number of esters is 1. The second-order valence-electron chi connectivity index (χ2n) is 6.22. The molecule has 0 spiro atoms. The van der Waals surface area contributed by atoms with E-state index in [1.807, 2.05) is 0 Å². The second kappa shape index (κ2) is 10.9. The number of amides is 2. The zero-order valence-corrected chi connectivity index (χ0v) is 19.2. The lowest BCUT2D eigenvalue weighted by molar-refractivity contribution is -0.136. The van der Waals surface area contributed by atoms with Crippen molar-refractivity contribution in [3.8, 4) is 5.75 Å². The Balaban J connectivity index is 1.67. The summed E-state index contributed by atoms with van der Waals surface area (Å²) in [6, 6.07) is 17.8. The summed E-state index contributed by atoms with van der Waals surface area (Å²) in [6.07, 6.45) is 1.25. The zero-order chi connectivity index (χ0) is 23.1. The summed E-state index contributed by atoms with van der Waals surface area (Å²) >= 11 is 15.2. The lowest BCUT2D eigenvalue weighted by atomic mass is 10.2. The van der Waals surface area contributed by atoms with Gasteiger partial charge in [0.2, 0.25) is 0 Å². The van der Waals surface area contributed by atoms with Crippen LogP contribution < -0.4 is 15.5 Å². The van der Waals surface area contributed by atoms with Gasteiger partial charge in [0.15, 0.2) is 0 Å². The molecule has 2 amide bonds. The van der Waals surface area contributed by atoms with Crippen LogP contribution in [0.5, 0.6) is 5.75 Å². The van der Waals surface area contributed by atoms with Crippen LogP contribution in [0.4, 0.5) is 5.69 Å². The van der Waals surface area contributed by atoms with Gasteiger partial charge in [0, 0.05) is 15.1 Å². The summed E-state index contributed by atoms with van der Waals surface area (Å²) in [7, 11) is 0. The first kappa shape index (κ1) is 23.5. The molecule has 0 aliphatic carbocycles. The van der Waals surface area contributed by atoms with E-state index in [1.54, 1.807) is 54.6 Å². The number of hydrazone groups is 1. The van der Waals surface area contributed by atoms with Crippen LogP contribution in [0.1, 0.15) is 15.9 Å². The van der Waals surface area contributed by atoms with Gasteiger partial charge in [-0.15, -0.1) is 0 Å². The Labute approximate surface area is 201 Å². The predicted octanol–water partition coefficient (Wildman–Crippen LogP) is 5.06. The summed E-state index contributed by atoms with van der Waals surface area (Å²) in [4.78, 5) is 36.4. The van der Waals surface area contributed by atoms with Gasteiger partial charge in [-0.05, 0) is 48.5 Å². The minimum Gasteiger partial charge on any atom is -0.422 e. The standard InChI is InChI=1S/C22H14BrCl2N3O4/c23-15-6-9-19(32-22(31)13-4-2-1-3-5-13)14(10-15)12-26-28-21(30)20(29)27-18-11-16(24)7-8-17(18)25/h1-12H,(H,27,29)(H,28,30)/b26-12+. The highest BCUT2D eigenvalue weighted by Gasteiger charge is 2.15. The van der Waals surface area contributed by atoms with Crippen LogP contribution in [-0.2, 0) is 9.59 Å². The molecule has 0 aliphatic heterocycles. The number of hydrogen-bond donors (Lipinski definition) is 2. The van der Waals surface area contributed by atoms with E-state index in [9.17, 15) is 14.4 Å². The van der Waals surface area contributed by atoms with Crippen LogP contribution in [0.2, 0.25) is 10.0 Å². The van der Waals surface area contributed by atoms with Gasteiger partial charge in [-0.3, -0.25) is 9.59 Å². The molecule has 3 aromatic carbocycles. The maximum Gasteiger partial charge on any atom is 0.343 e. The second-order valence-corrected chi connectivity index (χ2v) is 7.97. The third-order valence-electron chi connectivity index (χ3n) is 3.94. The van der Waals surface area contributed by atoms with Gasteiger partial charge < -0.3 is 10.1 Å². The highest BCUT2D eigenvalue weighted by molar-refractivity contribution is 9.10. The van der Waals surface area contributed by atoms with E-state index in [0.29, 0.717) is 20.6 Å². The number of halogens is 3. The van der Waals surface area contributed by atoms with Crippen molar-refractivity contribution < 1.29 is 19.1 Å². The van der Waals surface area contributed by atoms with E-state index < -0.39 is 17.8 Å². The van der Waals surface area contributed by atoms with Crippen molar-refractivity contribution in [2.24, 2.45) is 5.10 Å². The van der Waals surface area contributed by atoms with E-state index in [0.717, 1.165) is 0 Å². The number of rotatable bonds is 5. The van der Waals surface area contributed by atoms with Crippen molar-refractivity contribution in [3.05, 3.63) is 92.4 Å². The summed E-state index contributed by atoms with van der Waals surface area (Å²) < 4.78 is 6.12. The van der Waals surface area contributed by atoms with Crippen LogP contribution >= 0.6 is 39.1 Å². The van der Waals surface area contributed by atoms with Gasteiger partial charge in [-0.1, -0.05) is 57.3 Å². The van der Waals surface area contributed by atoms with E-state index in [4.69, 9.17) is 27.9 Å². The van der Waals surface area contributed by atoms with Gasteiger partial charge >= 0.3 is 17.8 Å². The third-order valence-corrected chi connectivity index (χ3v) is 4.99. The Bertz CT molecular complexity index is 1200. The fourth-order valence-corrected chi connectivity index (χ4v) is 3.15. The van der Waals surface area contributed by atoms with Crippen LogP contribution in [0.25, 0.3) is 0 Å². The number of carbonyl (C=O) groups excluding carboxylic acids is 3. The molecular weight excluding hydrogens is 521 g/mol. The first-order chi connectivity index (χ1) is 15.3. The van der Waals surface area contributed by atoms with Crippen LogP contribution in [0.15, 0.2) is 76.3 Å². The molecule has 0 unspecified atom stereocenters. The van der Waals surface area contributed by atoms with Gasteiger partial charge in [0.1, 0.15) is 5.75 Å². The number of nitrogens with one attached hydrogen (secondary N) is 2. The van der Waals surface area contributed by atoms with Gasteiger partial charge in [0.25, 0.3) is 0 Å². The van der Waals surface area contributed by atoms with Gasteiger partial charge in [0.05, 0.1) is 22.5 Å². The predicted molar refractivity (Wildman–Crippen MR) is 126 cm³/mol. The quantitative estimate of drug-likeness (QED) is 0.157. The molecule has 0 radical (unpaired) electrons. The smallest absolute Gasteiger partial charge is 0.343 e. The highest BCUT2D eigenvalue weighted by Crippen LogP contribution is 2.25. The van der Waals surface area contributed by atoms with Crippen molar-refractivity contribution >= 4 is 68.8 Å². The molecule has 32 heavy (non-hydrogen) atoms. The molecule has 0 fully saturated rings. The largest absolute Gasteiger partial charge is 0.422 e. The van der Waals surface area contributed by atoms with E-state index in [-0.39, 0.29) is 16.5 Å². The Morgan fingerprint density at radius 2 is 1.69 bits per heavy atom. The SMILES string of the molecule is O=C(N/N=C/c1cc(Br)ccc1OC(=O)c1ccccc1)C(=O)Nc1cc(Cl)ccc1Cl. The molecule has 10 heteroatoms. The number of hydrogen-bond acceptors (Lipinski definition) is 5. The molecule has 162 valence electrons. The minimum absolute atomic E-state index is 0.186. The molecule has 7 nitrogen and oxygen atoms in total. The first-order valence-electron chi connectivity index (χ1n) is 8.99. The number of nitrogens with zero attached hydrogens (tertiary/aromatic N) is 1. The van der Waals surface area contributed by atoms with Crippen molar-refractivity contribution in [2.75, 3.05) is 5.32 Å². The summed E-state index contributed by atoms with van der Waals surface area (Å²) in [5.41, 5.74) is 3.06. The summed E-state index contributed by atoms with van der Waals surface area (Å²) in [6.45, 7) is 0. The van der Waals surface area contributed by atoms with Gasteiger partial charge in [-0.2, -0.15) is 5.10 Å². The molecule has 2 N–H and O–H groups in total. The Morgan fingerprint density at radius 3 is 2.44 bits per heavy atom. The molecule has 0 bridgehead atoms. The molecule has 0 aromatic heterocycles. The number of anilines is 1. The first-order valence-corrected chi connectivity index (χ1v) is 10.5. The average Bonchev–Trinajstić information content (AvgIpc) is 2.78. The fourth-order valence-electron chi connectivity index (χ4n) is 2.43. The topological polar surface area (TPSA) is 96.9 Å². The van der Waals surface area contributed by atoms with Crippen LogP contribution in [-0.4, -0.2) is 24.0 Å². The van der Waals surface area contributed by atoms with Gasteiger partial charge in [-0.25, -0.2) is 10.2 Å². The van der Waals surface area contributed by atoms with Crippen molar-refractivity contribution in [2.45, 2.75) is 0 Å². The van der Waals surface area contributed by atoms with E-state index in [1.165, 1.54) is 18.3 Å². The molecule has 3 aromatic rings. The normalized spacial score (nSPS) is 10.6. The van der Waals surface area contributed by atoms with Crippen LogP contribution in [0.3, 0.4) is 0 Å². The van der Waals surface area contributed by atoms with E-state index in [2.05, 4.69) is 31.8 Å². The Morgan fingerprint density at radius 1 is 0.938 bits per heavy atom. The zero-order valence-electron chi connectivity index (χ0n) is 16.1. The molecule has 0 heterocycles. The maximum atomic E-state index is 12.3. The number of carbonyl (C=O) groups is 3. The van der Waals surface area contributed by atoms with Crippen molar-refractivity contribution in [3.63, 3.8) is 0 Å². The third kappa shape index (κ3) is 6.40.